The summed E-state index contributed by atoms with van der Waals surface area (Å²) in [7, 11) is 0. The highest BCUT2D eigenvalue weighted by atomic mass is 32.2. The first-order valence-electron chi connectivity index (χ1n) is 8.86. The fourth-order valence-electron chi connectivity index (χ4n) is 2.49. The molecule has 28 heavy (non-hydrogen) atoms. The number of benzene rings is 2. The van der Waals surface area contributed by atoms with E-state index in [0.29, 0.717) is 11.8 Å². The number of carbonyl (C=O) groups excluding carboxylic acids is 1. The molecule has 7 nitrogen and oxygen atoms in total. The third kappa shape index (κ3) is 5.43. The van der Waals surface area contributed by atoms with Gasteiger partial charge in [-0.3, -0.25) is 4.79 Å². The molecule has 3 aromatic rings. The Bertz CT molecular complexity index is 922. The third-order valence-electron chi connectivity index (χ3n) is 3.88. The van der Waals surface area contributed by atoms with Crippen LogP contribution in [-0.2, 0) is 4.79 Å². The van der Waals surface area contributed by atoms with Crippen molar-refractivity contribution in [1.82, 2.24) is 15.0 Å². The van der Waals surface area contributed by atoms with E-state index in [1.807, 2.05) is 74.5 Å². The molecule has 0 aliphatic heterocycles. The minimum atomic E-state index is -0.293. The van der Waals surface area contributed by atoms with Gasteiger partial charge < -0.3 is 16.4 Å². The summed E-state index contributed by atoms with van der Waals surface area (Å²) in [6.45, 7) is 3.80. The van der Waals surface area contributed by atoms with Gasteiger partial charge in [-0.15, -0.1) is 11.8 Å². The molecule has 0 bridgehead atoms. The number of nitrogens with one attached hydrogen (secondary N) is 2. The predicted molar refractivity (Wildman–Crippen MR) is 115 cm³/mol. The Balaban J connectivity index is 1.66. The highest BCUT2D eigenvalue weighted by molar-refractivity contribution is 8.00. The van der Waals surface area contributed by atoms with Gasteiger partial charge in [-0.1, -0.05) is 36.4 Å². The minimum absolute atomic E-state index is 0.0762. The van der Waals surface area contributed by atoms with Gasteiger partial charge in [-0.05, 0) is 38.1 Å². The normalized spacial score (nSPS) is 12.8. The quantitative estimate of drug-likeness (QED) is 0.556. The lowest BCUT2D eigenvalue weighted by Crippen LogP contribution is -2.23. The van der Waals surface area contributed by atoms with E-state index < -0.39 is 0 Å². The molecule has 8 heteroatoms. The largest absolute Gasteiger partial charge is 0.368 e. The molecule has 0 aliphatic carbocycles. The lowest BCUT2D eigenvalue weighted by atomic mass is 10.3. The zero-order valence-corrected chi connectivity index (χ0v) is 16.5. The Kier molecular flexibility index (Phi) is 6.44. The molecule has 2 unspecified atom stereocenters. The number of rotatable bonds is 7. The molecule has 1 amide bonds. The topological polar surface area (TPSA) is 106 Å². The van der Waals surface area contributed by atoms with Gasteiger partial charge in [0.1, 0.15) is 5.82 Å². The van der Waals surface area contributed by atoms with Gasteiger partial charge in [0.15, 0.2) is 0 Å². The van der Waals surface area contributed by atoms with Gasteiger partial charge in [0, 0.05) is 11.4 Å². The number of amides is 1. The fourth-order valence-corrected chi connectivity index (χ4v) is 3.51. The van der Waals surface area contributed by atoms with Gasteiger partial charge in [0.2, 0.25) is 17.8 Å². The predicted octanol–water partition coefficient (Wildman–Crippen LogP) is 4.02. The number of hydrogen-bond donors (Lipinski definition) is 3. The van der Waals surface area contributed by atoms with Crippen LogP contribution in [0.4, 0.5) is 23.3 Å². The first kappa shape index (κ1) is 19.6. The number of hydrogen-bond acceptors (Lipinski definition) is 7. The molecule has 1 aromatic heterocycles. The molecule has 0 radical (unpaired) electrons. The molecule has 0 saturated carbocycles. The van der Waals surface area contributed by atoms with E-state index >= 15 is 0 Å². The summed E-state index contributed by atoms with van der Waals surface area (Å²) in [5.41, 5.74) is 7.48. The Labute approximate surface area is 168 Å². The van der Waals surface area contributed by atoms with Crippen LogP contribution in [0.5, 0.6) is 0 Å². The van der Waals surface area contributed by atoms with E-state index in [-0.39, 0.29) is 22.4 Å². The van der Waals surface area contributed by atoms with Crippen molar-refractivity contribution < 1.29 is 4.79 Å². The summed E-state index contributed by atoms with van der Waals surface area (Å²) in [5, 5.41) is 5.59. The van der Waals surface area contributed by atoms with Crippen LogP contribution < -0.4 is 16.4 Å². The zero-order valence-electron chi connectivity index (χ0n) is 15.7. The third-order valence-corrected chi connectivity index (χ3v) is 5.12. The van der Waals surface area contributed by atoms with Gasteiger partial charge in [0.05, 0.1) is 10.5 Å². The Morgan fingerprint density at radius 2 is 1.54 bits per heavy atom. The van der Waals surface area contributed by atoms with Crippen molar-refractivity contribution in [1.29, 1.82) is 0 Å². The molecule has 3 rings (SSSR count). The van der Waals surface area contributed by atoms with E-state index in [0.717, 1.165) is 11.4 Å². The number of nitrogens with zero attached hydrogens (tertiary/aromatic N) is 3. The number of carbonyl (C=O) groups is 1. The molecular weight excluding hydrogens is 372 g/mol. The standard InChI is InChI=1S/C20H22N6OS/c1-13(28-14(2)18(27)22-15-9-5-3-6-10-15)17-24-19(21)26-20(25-17)23-16-11-7-4-8-12-16/h3-14H,1-2H3,(H,22,27)(H3,21,23,24,25,26). The van der Waals surface area contributed by atoms with E-state index in [9.17, 15) is 4.79 Å². The van der Waals surface area contributed by atoms with E-state index in [1.54, 1.807) is 0 Å². The Hall–Kier alpha value is -3.13. The van der Waals surface area contributed by atoms with Crippen LogP contribution in [0.2, 0.25) is 0 Å². The van der Waals surface area contributed by atoms with Crippen molar-refractivity contribution in [3.05, 3.63) is 66.5 Å². The summed E-state index contributed by atoms with van der Waals surface area (Å²) in [6.07, 6.45) is 0. The second kappa shape index (κ2) is 9.18. The van der Waals surface area contributed by atoms with Crippen LogP contribution in [0.25, 0.3) is 0 Å². The number of aromatic nitrogens is 3. The number of para-hydroxylation sites is 2. The average molecular weight is 395 g/mol. The molecule has 0 fully saturated rings. The van der Waals surface area contributed by atoms with Crippen LogP contribution >= 0.6 is 11.8 Å². The highest BCUT2D eigenvalue weighted by Crippen LogP contribution is 2.31. The van der Waals surface area contributed by atoms with E-state index in [1.165, 1.54) is 11.8 Å². The molecule has 1 heterocycles. The zero-order chi connectivity index (χ0) is 19.9. The van der Waals surface area contributed by atoms with Gasteiger partial charge >= 0.3 is 0 Å². The second-order valence-corrected chi connectivity index (χ2v) is 7.83. The maximum absolute atomic E-state index is 12.4. The molecule has 0 saturated heterocycles. The SMILES string of the molecule is CC(SC(C)c1nc(N)nc(Nc2ccccc2)n1)C(=O)Nc1ccccc1. The summed E-state index contributed by atoms with van der Waals surface area (Å²) < 4.78 is 0. The first-order valence-corrected chi connectivity index (χ1v) is 9.80. The lowest BCUT2D eigenvalue weighted by Gasteiger charge is -2.17. The van der Waals surface area contributed by atoms with Gasteiger partial charge in [0.25, 0.3) is 0 Å². The van der Waals surface area contributed by atoms with Crippen molar-refractivity contribution in [3.63, 3.8) is 0 Å². The van der Waals surface area contributed by atoms with Crippen molar-refractivity contribution in [2.75, 3.05) is 16.4 Å². The molecule has 2 aromatic carbocycles. The number of nitrogens with two attached hydrogens (primary N) is 1. The maximum atomic E-state index is 12.4. The monoisotopic (exact) mass is 394 g/mol. The van der Waals surface area contributed by atoms with Crippen molar-refractivity contribution in [2.45, 2.75) is 24.3 Å². The van der Waals surface area contributed by atoms with Crippen molar-refractivity contribution in [2.24, 2.45) is 0 Å². The van der Waals surface area contributed by atoms with Gasteiger partial charge in [-0.25, -0.2) is 0 Å². The van der Waals surface area contributed by atoms with E-state index in [4.69, 9.17) is 5.73 Å². The second-order valence-electron chi connectivity index (χ2n) is 6.14. The number of anilines is 4. The first-order chi connectivity index (χ1) is 13.5. The van der Waals surface area contributed by atoms with Crippen molar-refractivity contribution >= 4 is 40.9 Å². The van der Waals surface area contributed by atoms with Gasteiger partial charge in [-0.2, -0.15) is 15.0 Å². The Morgan fingerprint density at radius 3 is 2.18 bits per heavy atom. The van der Waals surface area contributed by atoms with Crippen LogP contribution in [0.1, 0.15) is 24.9 Å². The maximum Gasteiger partial charge on any atom is 0.237 e. The molecule has 144 valence electrons. The summed E-state index contributed by atoms with van der Waals surface area (Å²) in [6, 6.07) is 19.0. The van der Waals surface area contributed by atoms with Crippen LogP contribution in [0.3, 0.4) is 0 Å². The summed E-state index contributed by atoms with van der Waals surface area (Å²) >= 11 is 1.46. The molecule has 0 aliphatic rings. The van der Waals surface area contributed by atoms with Crippen LogP contribution in [0.15, 0.2) is 60.7 Å². The van der Waals surface area contributed by atoms with Crippen molar-refractivity contribution in [3.8, 4) is 0 Å². The smallest absolute Gasteiger partial charge is 0.237 e. The Morgan fingerprint density at radius 1 is 0.929 bits per heavy atom. The highest BCUT2D eigenvalue weighted by Gasteiger charge is 2.21. The average Bonchev–Trinajstić information content (AvgIpc) is 2.69. The summed E-state index contributed by atoms with van der Waals surface area (Å²) in [4.78, 5) is 25.3. The molecule has 4 N–H and O–H groups in total. The number of nitrogen functional groups attached to an aromatic ring is 1. The van der Waals surface area contributed by atoms with Crippen LogP contribution in [-0.4, -0.2) is 26.1 Å². The van der Waals surface area contributed by atoms with E-state index in [2.05, 4.69) is 25.6 Å². The molecule has 2 atom stereocenters. The number of thioether (sulfide) groups is 1. The fraction of sp³-hybridized carbons (Fsp3) is 0.200. The molecular formula is C20H22N6OS. The van der Waals surface area contributed by atoms with Crippen LogP contribution in [0, 0.1) is 0 Å². The summed E-state index contributed by atoms with van der Waals surface area (Å²) in [5.74, 6) is 0.961. The lowest BCUT2D eigenvalue weighted by molar-refractivity contribution is -0.115. The minimum Gasteiger partial charge on any atom is -0.368 e. The molecule has 0 spiro atoms.